The number of halogens is 1. The number of hydrogen-bond donors (Lipinski definition) is 1. The second-order valence-electron chi connectivity index (χ2n) is 8.69. The molecule has 8 nitrogen and oxygen atoms in total. The summed E-state index contributed by atoms with van der Waals surface area (Å²) in [5.74, 6) is -1.64. The van der Waals surface area contributed by atoms with Crippen LogP contribution in [-0.4, -0.2) is 30.4 Å². The predicted octanol–water partition coefficient (Wildman–Crippen LogP) is 5.94. The molecule has 4 aromatic carbocycles. The maximum absolute atomic E-state index is 13.5. The Balaban J connectivity index is 1.41. The van der Waals surface area contributed by atoms with Crippen molar-refractivity contribution < 1.29 is 23.9 Å². The minimum atomic E-state index is -0.778. The standard InChI is InChI=1S/C31H22ClN3O5/c32-26-19-21(16-17-27(26)40-20-28(36)33-22-10-4-1-5-11-22)18-25-29(37)34(23-12-6-2-7-13-23)31(39)35(30(25)38)24-14-8-3-9-15-24/h1-19H,20H2,(H,33,36). The fourth-order valence-corrected chi connectivity index (χ4v) is 4.34. The lowest BCUT2D eigenvalue weighted by atomic mass is 10.0. The van der Waals surface area contributed by atoms with Crippen LogP contribution in [0.1, 0.15) is 5.56 Å². The number of para-hydroxylation sites is 3. The number of urea groups is 1. The van der Waals surface area contributed by atoms with E-state index >= 15 is 0 Å². The number of carbonyl (C=O) groups excluding carboxylic acids is 4. The number of amides is 5. The maximum Gasteiger partial charge on any atom is 0.343 e. The van der Waals surface area contributed by atoms with Gasteiger partial charge in [-0.2, -0.15) is 0 Å². The number of carbonyl (C=O) groups is 4. The van der Waals surface area contributed by atoms with Crippen LogP contribution in [0, 0.1) is 0 Å². The zero-order chi connectivity index (χ0) is 28.1. The van der Waals surface area contributed by atoms with Crippen molar-refractivity contribution in [2.45, 2.75) is 0 Å². The van der Waals surface area contributed by atoms with Gasteiger partial charge in [-0.15, -0.1) is 0 Å². The van der Waals surface area contributed by atoms with Crippen molar-refractivity contribution in [2.75, 3.05) is 21.7 Å². The third-order valence-corrected chi connectivity index (χ3v) is 6.26. The average molecular weight is 552 g/mol. The van der Waals surface area contributed by atoms with Crippen molar-refractivity contribution in [3.63, 3.8) is 0 Å². The highest BCUT2D eigenvalue weighted by atomic mass is 35.5. The van der Waals surface area contributed by atoms with E-state index in [1.54, 1.807) is 91.0 Å². The molecule has 1 N–H and O–H groups in total. The smallest absolute Gasteiger partial charge is 0.343 e. The second kappa shape index (κ2) is 11.7. The van der Waals surface area contributed by atoms with Crippen LogP contribution in [-0.2, 0) is 14.4 Å². The number of nitrogens with one attached hydrogen (secondary N) is 1. The summed E-state index contributed by atoms with van der Waals surface area (Å²) in [6.45, 7) is -0.272. The molecule has 0 unspecified atom stereocenters. The van der Waals surface area contributed by atoms with Gasteiger partial charge < -0.3 is 10.1 Å². The van der Waals surface area contributed by atoms with Crippen molar-refractivity contribution in [3.05, 3.63) is 125 Å². The molecule has 1 saturated heterocycles. The van der Waals surface area contributed by atoms with Crippen LogP contribution in [0.5, 0.6) is 5.75 Å². The zero-order valence-electron chi connectivity index (χ0n) is 21.0. The van der Waals surface area contributed by atoms with Gasteiger partial charge in [0, 0.05) is 5.69 Å². The van der Waals surface area contributed by atoms with Crippen LogP contribution in [0.4, 0.5) is 21.9 Å². The number of benzene rings is 4. The van der Waals surface area contributed by atoms with Crippen LogP contribution >= 0.6 is 11.6 Å². The molecule has 198 valence electrons. The minimum Gasteiger partial charge on any atom is -0.482 e. The first-order chi connectivity index (χ1) is 19.4. The summed E-state index contributed by atoms with van der Waals surface area (Å²) < 4.78 is 5.56. The highest BCUT2D eigenvalue weighted by Gasteiger charge is 2.43. The van der Waals surface area contributed by atoms with Crippen molar-refractivity contribution in [1.82, 2.24) is 0 Å². The highest BCUT2D eigenvalue weighted by molar-refractivity contribution is 6.46. The van der Waals surface area contributed by atoms with Crippen LogP contribution in [0.3, 0.4) is 0 Å². The first-order valence-corrected chi connectivity index (χ1v) is 12.6. The number of nitrogens with zero attached hydrogens (tertiary/aromatic N) is 2. The Hall–Kier alpha value is -5.21. The fraction of sp³-hybridized carbons (Fsp3) is 0.0323. The van der Waals surface area contributed by atoms with Gasteiger partial charge in [0.05, 0.1) is 16.4 Å². The average Bonchev–Trinajstić information content (AvgIpc) is 2.96. The molecule has 5 amide bonds. The molecule has 0 bridgehead atoms. The molecule has 0 spiro atoms. The lowest BCUT2D eigenvalue weighted by Gasteiger charge is -2.33. The molecule has 5 rings (SSSR count). The Bertz CT molecular complexity index is 1540. The molecular weight excluding hydrogens is 530 g/mol. The van der Waals surface area contributed by atoms with E-state index in [0.717, 1.165) is 9.80 Å². The molecule has 9 heteroatoms. The molecule has 0 saturated carbocycles. The van der Waals surface area contributed by atoms with E-state index in [-0.39, 0.29) is 28.9 Å². The topological polar surface area (TPSA) is 96.0 Å². The number of hydrogen-bond acceptors (Lipinski definition) is 5. The summed E-state index contributed by atoms with van der Waals surface area (Å²) in [7, 11) is 0. The minimum absolute atomic E-state index is 0.175. The largest absolute Gasteiger partial charge is 0.482 e. The summed E-state index contributed by atoms with van der Waals surface area (Å²) in [6.07, 6.45) is 1.38. The van der Waals surface area contributed by atoms with Crippen molar-refractivity contribution in [2.24, 2.45) is 0 Å². The molecule has 1 aliphatic rings. The Labute approximate surface area is 235 Å². The lowest BCUT2D eigenvalue weighted by Crippen LogP contribution is -2.57. The first-order valence-electron chi connectivity index (χ1n) is 12.2. The Morgan fingerprint density at radius 2 is 1.27 bits per heavy atom. The molecule has 0 radical (unpaired) electrons. The number of rotatable bonds is 7. The van der Waals surface area contributed by atoms with Crippen molar-refractivity contribution in [1.29, 1.82) is 0 Å². The summed E-state index contributed by atoms with van der Waals surface area (Å²) in [4.78, 5) is 54.5. The van der Waals surface area contributed by atoms with Crippen LogP contribution in [0.2, 0.25) is 5.02 Å². The quantitative estimate of drug-likeness (QED) is 0.226. The van der Waals surface area contributed by atoms with E-state index in [1.807, 2.05) is 6.07 Å². The Morgan fingerprint density at radius 1 is 0.750 bits per heavy atom. The Morgan fingerprint density at radius 3 is 1.80 bits per heavy atom. The van der Waals surface area contributed by atoms with E-state index in [9.17, 15) is 19.2 Å². The van der Waals surface area contributed by atoms with Gasteiger partial charge in [0.1, 0.15) is 11.3 Å². The zero-order valence-corrected chi connectivity index (χ0v) is 21.7. The molecule has 0 atom stereocenters. The number of ether oxygens (including phenoxy) is 1. The van der Waals surface area contributed by atoms with E-state index in [0.29, 0.717) is 22.6 Å². The van der Waals surface area contributed by atoms with Crippen LogP contribution in [0.25, 0.3) is 6.08 Å². The van der Waals surface area contributed by atoms with E-state index in [1.165, 1.54) is 18.2 Å². The van der Waals surface area contributed by atoms with Gasteiger partial charge in [0.25, 0.3) is 17.7 Å². The van der Waals surface area contributed by atoms with E-state index < -0.39 is 17.8 Å². The highest BCUT2D eigenvalue weighted by Crippen LogP contribution is 2.31. The number of imide groups is 2. The summed E-state index contributed by atoms with van der Waals surface area (Å²) in [5, 5.41) is 2.89. The van der Waals surface area contributed by atoms with Gasteiger partial charge in [-0.3, -0.25) is 14.4 Å². The summed E-state index contributed by atoms with van der Waals surface area (Å²) in [6, 6.07) is 29.6. The van der Waals surface area contributed by atoms with Crippen molar-refractivity contribution >= 4 is 58.5 Å². The molecule has 4 aromatic rings. The van der Waals surface area contributed by atoms with Crippen LogP contribution < -0.4 is 19.9 Å². The van der Waals surface area contributed by atoms with Gasteiger partial charge in [-0.25, -0.2) is 14.6 Å². The molecule has 1 fully saturated rings. The second-order valence-corrected chi connectivity index (χ2v) is 9.09. The van der Waals surface area contributed by atoms with E-state index in [2.05, 4.69) is 5.32 Å². The van der Waals surface area contributed by atoms with Gasteiger partial charge in [0.2, 0.25) is 0 Å². The third-order valence-electron chi connectivity index (χ3n) is 5.96. The Kier molecular flexibility index (Phi) is 7.70. The lowest BCUT2D eigenvalue weighted by molar-refractivity contribution is -0.121. The first kappa shape index (κ1) is 26.4. The predicted molar refractivity (Wildman–Crippen MR) is 153 cm³/mol. The van der Waals surface area contributed by atoms with Crippen molar-refractivity contribution in [3.8, 4) is 5.75 Å². The number of anilines is 3. The summed E-state index contributed by atoms with van der Waals surface area (Å²) >= 11 is 6.41. The molecule has 0 aliphatic carbocycles. The van der Waals surface area contributed by atoms with Gasteiger partial charge in [-0.05, 0) is 60.2 Å². The molecule has 1 aliphatic heterocycles. The fourth-order valence-electron chi connectivity index (χ4n) is 4.09. The summed E-state index contributed by atoms with van der Waals surface area (Å²) in [5.41, 5.74) is 1.50. The SMILES string of the molecule is O=C(COc1ccc(C=C2C(=O)N(c3ccccc3)C(=O)N(c3ccccc3)C2=O)cc1Cl)Nc1ccccc1. The normalized spacial score (nSPS) is 13.3. The molecule has 40 heavy (non-hydrogen) atoms. The monoisotopic (exact) mass is 551 g/mol. The molecular formula is C31H22ClN3O5. The van der Waals surface area contributed by atoms with Gasteiger partial charge in [0.15, 0.2) is 6.61 Å². The van der Waals surface area contributed by atoms with Gasteiger partial charge in [-0.1, -0.05) is 72.3 Å². The van der Waals surface area contributed by atoms with E-state index in [4.69, 9.17) is 16.3 Å². The molecule has 0 aromatic heterocycles. The van der Waals surface area contributed by atoms with Crippen LogP contribution in [0.15, 0.2) is 115 Å². The third kappa shape index (κ3) is 5.62. The maximum atomic E-state index is 13.5. The van der Waals surface area contributed by atoms with Gasteiger partial charge >= 0.3 is 6.03 Å². The number of barbiturate groups is 1. The molecule has 1 heterocycles.